The molecule has 0 saturated carbocycles. The van der Waals surface area contributed by atoms with Crippen LogP contribution < -0.4 is 10.6 Å². The van der Waals surface area contributed by atoms with Crippen molar-refractivity contribution in [1.29, 1.82) is 0 Å². The van der Waals surface area contributed by atoms with Gasteiger partial charge in [-0.2, -0.15) is 0 Å². The van der Waals surface area contributed by atoms with Gasteiger partial charge < -0.3 is 15.7 Å². The zero-order chi connectivity index (χ0) is 12.4. The van der Waals surface area contributed by atoms with Crippen LogP contribution in [0.3, 0.4) is 0 Å². The SMILES string of the molecule is Cc1ccc(NC(=O)C2CCCN2)c(C)c1O.Cl. The van der Waals surface area contributed by atoms with E-state index >= 15 is 0 Å². The number of amides is 1. The van der Waals surface area contributed by atoms with Gasteiger partial charge in [0.15, 0.2) is 0 Å². The maximum Gasteiger partial charge on any atom is 0.241 e. The summed E-state index contributed by atoms with van der Waals surface area (Å²) in [4.78, 5) is 11.9. The first-order valence-electron chi connectivity index (χ1n) is 5.93. The Morgan fingerprint density at radius 2 is 2.17 bits per heavy atom. The number of aromatic hydroxyl groups is 1. The standard InChI is InChI=1S/C13H18N2O2.ClH/c1-8-5-6-10(9(2)12(8)16)15-13(17)11-4-3-7-14-11;/h5-6,11,14,16H,3-4,7H2,1-2H3,(H,15,17);1H. The summed E-state index contributed by atoms with van der Waals surface area (Å²) in [5.41, 5.74) is 2.22. The predicted octanol–water partition coefficient (Wildman–Crippen LogP) is 2.12. The number of hydrogen-bond acceptors (Lipinski definition) is 3. The topological polar surface area (TPSA) is 61.4 Å². The number of carbonyl (C=O) groups is 1. The fourth-order valence-electron chi connectivity index (χ4n) is 2.10. The maximum absolute atomic E-state index is 11.9. The molecule has 2 rings (SSSR count). The van der Waals surface area contributed by atoms with Crippen LogP contribution in [0.2, 0.25) is 0 Å². The number of hydrogen-bond donors (Lipinski definition) is 3. The summed E-state index contributed by atoms with van der Waals surface area (Å²) < 4.78 is 0. The Morgan fingerprint density at radius 3 is 2.78 bits per heavy atom. The molecule has 1 unspecified atom stereocenters. The van der Waals surface area contributed by atoms with Crippen LogP contribution in [-0.4, -0.2) is 23.6 Å². The summed E-state index contributed by atoms with van der Waals surface area (Å²) in [5, 5.41) is 15.8. The summed E-state index contributed by atoms with van der Waals surface area (Å²) in [7, 11) is 0. The second kappa shape index (κ2) is 6.07. The molecule has 1 heterocycles. The fourth-order valence-corrected chi connectivity index (χ4v) is 2.10. The van der Waals surface area contributed by atoms with Crippen molar-refractivity contribution >= 4 is 24.0 Å². The van der Waals surface area contributed by atoms with E-state index in [0.717, 1.165) is 30.5 Å². The van der Waals surface area contributed by atoms with Crippen molar-refractivity contribution in [2.24, 2.45) is 0 Å². The van der Waals surface area contributed by atoms with Crippen molar-refractivity contribution in [2.75, 3.05) is 11.9 Å². The zero-order valence-corrected chi connectivity index (χ0v) is 11.4. The van der Waals surface area contributed by atoms with Gasteiger partial charge in [-0.15, -0.1) is 12.4 Å². The van der Waals surface area contributed by atoms with E-state index in [1.165, 1.54) is 0 Å². The van der Waals surface area contributed by atoms with E-state index in [1.54, 1.807) is 13.0 Å². The summed E-state index contributed by atoms with van der Waals surface area (Å²) >= 11 is 0. The lowest BCUT2D eigenvalue weighted by atomic mass is 10.1. The molecular formula is C13H19ClN2O2. The van der Waals surface area contributed by atoms with Crippen LogP contribution in [-0.2, 0) is 4.79 Å². The van der Waals surface area contributed by atoms with Crippen LogP contribution in [0.4, 0.5) is 5.69 Å². The molecule has 1 amide bonds. The molecule has 1 aromatic carbocycles. The van der Waals surface area contributed by atoms with Crippen molar-refractivity contribution in [3.8, 4) is 5.75 Å². The van der Waals surface area contributed by atoms with Crippen LogP contribution in [0, 0.1) is 13.8 Å². The molecule has 0 aliphatic carbocycles. The first-order valence-corrected chi connectivity index (χ1v) is 5.93. The molecule has 0 aromatic heterocycles. The average Bonchev–Trinajstić information content (AvgIpc) is 2.83. The molecule has 1 aliphatic heterocycles. The Morgan fingerprint density at radius 1 is 1.44 bits per heavy atom. The molecule has 0 spiro atoms. The Kier molecular flexibility index (Phi) is 4.99. The van der Waals surface area contributed by atoms with Gasteiger partial charge in [-0.05, 0) is 44.9 Å². The minimum absolute atomic E-state index is 0. The highest BCUT2D eigenvalue weighted by Crippen LogP contribution is 2.28. The summed E-state index contributed by atoms with van der Waals surface area (Å²) in [6.45, 7) is 4.54. The van der Waals surface area contributed by atoms with Gasteiger partial charge in [0.05, 0.1) is 6.04 Å². The number of aryl methyl sites for hydroxylation is 1. The van der Waals surface area contributed by atoms with E-state index in [2.05, 4.69) is 10.6 Å². The molecule has 1 fully saturated rings. The lowest BCUT2D eigenvalue weighted by Crippen LogP contribution is -2.35. The third-order valence-corrected chi connectivity index (χ3v) is 3.27. The molecule has 5 heteroatoms. The molecule has 100 valence electrons. The highest BCUT2D eigenvalue weighted by atomic mass is 35.5. The highest BCUT2D eigenvalue weighted by molar-refractivity contribution is 5.96. The zero-order valence-electron chi connectivity index (χ0n) is 10.6. The summed E-state index contributed by atoms with van der Waals surface area (Å²) in [6, 6.07) is 3.54. The van der Waals surface area contributed by atoms with Gasteiger partial charge in [0.2, 0.25) is 5.91 Å². The van der Waals surface area contributed by atoms with E-state index < -0.39 is 0 Å². The summed E-state index contributed by atoms with van der Waals surface area (Å²) in [5.74, 6) is 0.232. The van der Waals surface area contributed by atoms with Crippen LogP contribution >= 0.6 is 12.4 Å². The number of halogens is 1. The molecule has 3 N–H and O–H groups in total. The Balaban J connectivity index is 0.00000162. The number of nitrogens with one attached hydrogen (secondary N) is 2. The number of phenolic OH excluding ortho intramolecular Hbond substituents is 1. The van der Waals surface area contributed by atoms with Gasteiger partial charge in [0.1, 0.15) is 5.75 Å². The molecule has 0 radical (unpaired) electrons. The van der Waals surface area contributed by atoms with E-state index in [1.807, 2.05) is 13.0 Å². The Bertz CT molecular complexity index is 443. The first-order chi connectivity index (χ1) is 8.09. The van der Waals surface area contributed by atoms with Gasteiger partial charge in [-0.3, -0.25) is 4.79 Å². The van der Waals surface area contributed by atoms with Crippen LogP contribution in [0.15, 0.2) is 12.1 Å². The summed E-state index contributed by atoms with van der Waals surface area (Å²) in [6.07, 6.45) is 1.92. The van der Waals surface area contributed by atoms with Crippen molar-refractivity contribution in [2.45, 2.75) is 32.7 Å². The van der Waals surface area contributed by atoms with Gasteiger partial charge >= 0.3 is 0 Å². The number of anilines is 1. The quantitative estimate of drug-likeness (QED) is 0.771. The van der Waals surface area contributed by atoms with Crippen LogP contribution in [0.25, 0.3) is 0 Å². The Hall–Kier alpha value is -1.26. The number of carbonyl (C=O) groups excluding carboxylic acids is 1. The minimum atomic E-state index is -0.0992. The fraction of sp³-hybridized carbons (Fsp3) is 0.462. The molecule has 4 nitrogen and oxygen atoms in total. The Labute approximate surface area is 113 Å². The molecule has 1 aromatic rings. The van der Waals surface area contributed by atoms with E-state index in [0.29, 0.717) is 5.69 Å². The van der Waals surface area contributed by atoms with Crippen molar-refractivity contribution < 1.29 is 9.90 Å². The van der Waals surface area contributed by atoms with E-state index in [-0.39, 0.29) is 30.1 Å². The van der Waals surface area contributed by atoms with E-state index in [4.69, 9.17) is 0 Å². The van der Waals surface area contributed by atoms with Crippen molar-refractivity contribution in [3.63, 3.8) is 0 Å². The number of phenols is 1. The minimum Gasteiger partial charge on any atom is -0.507 e. The van der Waals surface area contributed by atoms with Gasteiger partial charge in [0, 0.05) is 11.3 Å². The molecule has 0 bridgehead atoms. The maximum atomic E-state index is 11.9. The molecule has 18 heavy (non-hydrogen) atoms. The molecule has 1 aliphatic rings. The van der Waals surface area contributed by atoms with Crippen molar-refractivity contribution in [1.82, 2.24) is 5.32 Å². The first kappa shape index (κ1) is 14.8. The van der Waals surface area contributed by atoms with Gasteiger partial charge in [-0.25, -0.2) is 0 Å². The normalized spacial score (nSPS) is 18.2. The molecule has 1 saturated heterocycles. The predicted molar refractivity (Wildman–Crippen MR) is 74.5 cm³/mol. The molecular weight excluding hydrogens is 252 g/mol. The third-order valence-electron chi connectivity index (χ3n) is 3.27. The van der Waals surface area contributed by atoms with Gasteiger partial charge in [-0.1, -0.05) is 6.07 Å². The largest absolute Gasteiger partial charge is 0.507 e. The smallest absolute Gasteiger partial charge is 0.241 e. The van der Waals surface area contributed by atoms with E-state index in [9.17, 15) is 9.90 Å². The molecule has 1 atom stereocenters. The van der Waals surface area contributed by atoms with Gasteiger partial charge in [0.25, 0.3) is 0 Å². The lowest BCUT2D eigenvalue weighted by molar-refractivity contribution is -0.117. The highest BCUT2D eigenvalue weighted by Gasteiger charge is 2.22. The van der Waals surface area contributed by atoms with Crippen molar-refractivity contribution in [3.05, 3.63) is 23.3 Å². The van der Waals surface area contributed by atoms with Crippen LogP contribution in [0.1, 0.15) is 24.0 Å². The number of benzene rings is 1. The second-order valence-electron chi connectivity index (χ2n) is 4.54. The van der Waals surface area contributed by atoms with Crippen LogP contribution in [0.5, 0.6) is 5.75 Å². The third kappa shape index (κ3) is 2.94. The second-order valence-corrected chi connectivity index (χ2v) is 4.54. The number of rotatable bonds is 2. The average molecular weight is 271 g/mol. The monoisotopic (exact) mass is 270 g/mol. The lowest BCUT2D eigenvalue weighted by Gasteiger charge is -2.14.